The van der Waals surface area contributed by atoms with Crippen molar-refractivity contribution in [1.29, 1.82) is 0 Å². The Labute approximate surface area is 208 Å². The van der Waals surface area contributed by atoms with E-state index in [1.165, 1.54) is 28.6 Å². The Hall–Kier alpha value is -3.08. The number of halogens is 2. The number of benzene rings is 2. The molecule has 35 heavy (non-hydrogen) atoms. The van der Waals surface area contributed by atoms with Crippen molar-refractivity contribution in [2.45, 2.75) is 25.2 Å². The van der Waals surface area contributed by atoms with Crippen LogP contribution in [-0.4, -0.2) is 58.7 Å². The van der Waals surface area contributed by atoms with Gasteiger partial charge in [0, 0.05) is 37.6 Å². The number of hydrogen-bond acceptors (Lipinski definition) is 6. The van der Waals surface area contributed by atoms with Gasteiger partial charge in [0.05, 0.1) is 21.7 Å². The zero-order chi connectivity index (χ0) is 24.7. The molecule has 2 aromatic carbocycles. The Kier molecular flexibility index (Phi) is 6.20. The van der Waals surface area contributed by atoms with E-state index in [-0.39, 0.29) is 10.7 Å². The standard InChI is InChI=1S/C24H24ClFN6O2S/c1-3-21-27-23(22-16(2)29-32(24(22)28-21)19-8-6-18(26)7-9-19)30-12-14-31(15-13-30)35(33,34)20-10-4-17(25)5-11-20/h4-11H,3,12-15H2,1-2H3. The van der Waals surface area contributed by atoms with Crippen molar-refractivity contribution in [3.05, 3.63) is 70.9 Å². The summed E-state index contributed by atoms with van der Waals surface area (Å²) in [7, 11) is -3.62. The molecule has 4 aromatic rings. The molecule has 11 heteroatoms. The van der Waals surface area contributed by atoms with Crippen LogP contribution in [0.15, 0.2) is 53.4 Å². The smallest absolute Gasteiger partial charge is 0.243 e. The molecule has 1 saturated heterocycles. The van der Waals surface area contributed by atoms with Gasteiger partial charge in [0.15, 0.2) is 5.65 Å². The zero-order valence-corrected chi connectivity index (χ0v) is 20.9. The highest BCUT2D eigenvalue weighted by Crippen LogP contribution is 2.30. The van der Waals surface area contributed by atoms with E-state index in [0.717, 1.165) is 16.9 Å². The molecule has 0 bridgehead atoms. The number of rotatable bonds is 5. The van der Waals surface area contributed by atoms with Crippen LogP contribution in [0.3, 0.4) is 0 Å². The van der Waals surface area contributed by atoms with Crippen molar-refractivity contribution >= 4 is 38.5 Å². The van der Waals surface area contributed by atoms with Crippen LogP contribution >= 0.6 is 11.6 Å². The average molecular weight is 515 g/mol. The van der Waals surface area contributed by atoms with Crippen molar-refractivity contribution in [3.8, 4) is 5.69 Å². The molecule has 3 heterocycles. The van der Waals surface area contributed by atoms with E-state index in [4.69, 9.17) is 21.6 Å². The van der Waals surface area contributed by atoms with Gasteiger partial charge in [-0.2, -0.15) is 9.40 Å². The lowest BCUT2D eigenvalue weighted by Gasteiger charge is -2.35. The fraction of sp³-hybridized carbons (Fsp3) is 0.292. The molecule has 2 aromatic heterocycles. The third-order valence-electron chi connectivity index (χ3n) is 6.11. The molecule has 182 valence electrons. The topological polar surface area (TPSA) is 84.2 Å². The van der Waals surface area contributed by atoms with Gasteiger partial charge in [-0.25, -0.2) is 27.5 Å². The molecule has 0 atom stereocenters. The van der Waals surface area contributed by atoms with Crippen molar-refractivity contribution in [3.63, 3.8) is 0 Å². The van der Waals surface area contributed by atoms with Crippen molar-refractivity contribution in [2.75, 3.05) is 31.1 Å². The van der Waals surface area contributed by atoms with Gasteiger partial charge in [0.25, 0.3) is 0 Å². The normalized spacial score (nSPS) is 15.1. The molecule has 0 amide bonds. The minimum atomic E-state index is -3.62. The van der Waals surface area contributed by atoms with E-state index >= 15 is 0 Å². The van der Waals surface area contributed by atoms with Gasteiger partial charge >= 0.3 is 0 Å². The molecule has 1 aliphatic rings. The molecule has 5 rings (SSSR count). The summed E-state index contributed by atoms with van der Waals surface area (Å²) in [5.74, 6) is 1.08. The van der Waals surface area contributed by atoms with E-state index in [2.05, 4.69) is 10.00 Å². The molecule has 0 aliphatic carbocycles. The predicted octanol–water partition coefficient (Wildman–Crippen LogP) is 3.99. The lowest BCUT2D eigenvalue weighted by molar-refractivity contribution is 0.384. The Balaban J connectivity index is 1.48. The fourth-order valence-corrected chi connectivity index (χ4v) is 5.80. The first-order valence-electron chi connectivity index (χ1n) is 11.3. The van der Waals surface area contributed by atoms with Crippen LogP contribution < -0.4 is 4.90 Å². The first-order chi connectivity index (χ1) is 16.8. The van der Waals surface area contributed by atoms with E-state index in [1.807, 2.05) is 13.8 Å². The summed E-state index contributed by atoms with van der Waals surface area (Å²) in [4.78, 5) is 11.8. The molecule has 1 fully saturated rings. The molecule has 0 saturated carbocycles. The summed E-state index contributed by atoms with van der Waals surface area (Å²) in [6, 6.07) is 12.3. The maximum Gasteiger partial charge on any atom is 0.243 e. The summed E-state index contributed by atoms with van der Waals surface area (Å²) in [5.41, 5.74) is 2.10. The second-order valence-electron chi connectivity index (χ2n) is 8.33. The molecule has 0 spiro atoms. The van der Waals surface area contributed by atoms with Gasteiger partial charge in [-0.05, 0) is 55.5 Å². The van der Waals surface area contributed by atoms with E-state index in [9.17, 15) is 12.8 Å². The van der Waals surface area contributed by atoms with Crippen LogP contribution in [0.4, 0.5) is 10.2 Å². The molecule has 8 nitrogen and oxygen atoms in total. The Morgan fingerprint density at radius 3 is 2.26 bits per heavy atom. The maximum atomic E-state index is 13.5. The van der Waals surface area contributed by atoms with Crippen LogP contribution in [0.2, 0.25) is 5.02 Å². The minimum absolute atomic E-state index is 0.226. The number of anilines is 1. The van der Waals surface area contributed by atoms with Crippen molar-refractivity contribution in [2.24, 2.45) is 0 Å². The van der Waals surface area contributed by atoms with E-state index in [1.54, 1.807) is 28.9 Å². The van der Waals surface area contributed by atoms with Gasteiger partial charge < -0.3 is 4.90 Å². The van der Waals surface area contributed by atoms with E-state index in [0.29, 0.717) is 54.8 Å². The van der Waals surface area contributed by atoms with Crippen molar-refractivity contribution < 1.29 is 12.8 Å². The molecule has 0 unspecified atom stereocenters. The number of fused-ring (bicyclic) bond motifs is 1. The minimum Gasteiger partial charge on any atom is -0.353 e. The first kappa shape index (κ1) is 23.7. The van der Waals surface area contributed by atoms with E-state index < -0.39 is 10.0 Å². The molecule has 1 aliphatic heterocycles. The highest BCUT2D eigenvalue weighted by molar-refractivity contribution is 7.89. The maximum absolute atomic E-state index is 13.5. The molecular formula is C24H24ClFN6O2S. The Morgan fingerprint density at radius 1 is 0.971 bits per heavy atom. The first-order valence-corrected chi connectivity index (χ1v) is 13.1. The summed E-state index contributed by atoms with van der Waals surface area (Å²) >= 11 is 5.92. The summed E-state index contributed by atoms with van der Waals surface area (Å²) in [5, 5.41) is 5.97. The summed E-state index contributed by atoms with van der Waals surface area (Å²) in [6.07, 6.45) is 0.626. The summed E-state index contributed by atoms with van der Waals surface area (Å²) < 4.78 is 42.8. The van der Waals surface area contributed by atoms with Gasteiger partial charge in [0.2, 0.25) is 10.0 Å². The second-order valence-corrected chi connectivity index (χ2v) is 10.7. The number of nitrogens with zero attached hydrogens (tertiary/aromatic N) is 6. The third-order valence-corrected chi connectivity index (χ3v) is 8.27. The Morgan fingerprint density at radius 2 is 1.63 bits per heavy atom. The van der Waals surface area contributed by atoms with Gasteiger partial charge in [0.1, 0.15) is 17.5 Å². The summed E-state index contributed by atoms with van der Waals surface area (Å²) in [6.45, 7) is 5.47. The lowest BCUT2D eigenvalue weighted by Crippen LogP contribution is -2.49. The monoisotopic (exact) mass is 514 g/mol. The number of piperazine rings is 1. The van der Waals surface area contributed by atoms with Crippen LogP contribution in [0.25, 0.3) is 16.7 Å². The highest BCUT2D eigenvalue weighted by atomic mass is 35.5. The largest absolute Gasteiger partial charge is 0.353 e. The van der Waals surface area contributed by atoms with Gasteiger partial charge in [-0.1, -0.05) is 18.5 Å². The highest BCUT2D eigenvalue weighted by Gasteiger charge is 2.30. The van der Waals surface area contributed by atoms with Crippen molar-refractivity contribution in [1.82, 2.24) is 24.1 Å². The number of sulfonamides is 1. The van der Waals surface area contributed by atoms with Crippen LogP contribution in [0.1, 0.15) is 18.4 Å². The second kappa shape index (κ2) is 9.18. The molecular weight excluding hydrogens is 491 g/mol. The lowest BCUT2D eigenvalue weighted by atomic mass is 10.2. The number of aromatic nitrogens is 4. The SMILES string of the molecule is CCc1nc(N2CCN(S(=O)(=O)c3ccc(Cl)cc3)CC2)c2c(C)nn(-c3ccc(F)cc3)c2n1. The van der Waals surface area contributed by atoms with Gasteiger partial charge in [-0.15, -0.1) is 0 Å². The van der Waals surface area contributed by atoms with Crippen LogP contribution in [-0.2, 0) is 16.4 Å². The molecule has 0 radical (unpaired) electrons. The number of aryl methyl sites for hydroxylation is 2. The van der Waals surface area contributed by atoms with Gasteiger partial charge in [-0.3, -0.25) is 0 Å². The average Bonchev–Trinajstić information content (AvgIpc) is 3.20. The number of hydrogen-bond donors (Lipinski definition) is 0. The fourth-order valence-electron chi connectivity index (χ4n) is 4.25. The quantitative estimate of drug-likeness (QED) is 0.400. The predicted molar refractivity (Wildman–Crippen MR) is 133 cm³/mol. The van der Waals surface area contributed by atoms with Crippen LogP contribution in [0, 0.1) is 12.7 Å². The van der Waals surface area contributed by atoms with Crippen LogP contribution in [0.5, 0.6) is 0 Å². The zero-order valence-electron chi connectivity index (χ0n) is 19.3. The Bertz CT molecular complexity index is 1480. The molecule has 0 N–H and O–H groups in total. The third kappa shape index (κ3) is 4.37.